The van der Waals surface area contributed by atoms with Gasteiger partial charge in [-0.25, -0.2) is 9.78 Å². The van der Waals surface area contributed by atoms with Crippen LogP contribution in [0, 0.1) is 3.57 Å². The molecule has 0 bridgehead atoms. The second-order valence-corrected chi connectivity index (χ2v) is 8.54. The number of hydrogen-bond acceptors (Lipinski definition) is 3. The summed E-state index contributed by atoms with van der Waals surface area (Å²) in [5.41, 5.74) is 4.62. The van der Waals surface area contributed by atoms with E-state index < -0.39 is 5.97 Å². The van der Waals surface area contributed by atoms with E-state index in [0.717, 1.165) is 26.0 Å². The van der Waals surface area contributed by atoms with Gasteiger partial charge in [0, 0.05) is 14.5 Å². The number of rotatable bonds is 5. The molecule has 0 aliphatic heterocycles. The lowest BCUT2D eigenvalue weighted by molar-refractivity contribution is 0.0699. The van der Waals surface area contributed by atoms with Crippen molar-refractivity contribution in [2.24, 2.45) is 0 Å². The Labute approximate surface area is 188 Å². The Morgan fingerprint density at radius 1 is 0.900 bits per heavy atom. The van der Waals surface area contributed by atoms with Crippen LogP contribution >= 0.6 is 22.6 Å². The Morgan fingerprint density at radius 2 is 1.50 bits per heavy atom. The van der Waals surface area contributed by atoms with Crippen molar-refractivity contribution in [1.29, 1.82) is 0 Å². The second kappa shape index (κ2) is 8.44. The number of ether oxygens (including phenoxy) is 1. The molecule has 0 saturated carbocycles. The molecule has 1 aromatic heterocycles. The lowest BCUT2D eigenvalue weighted by Gasteiger charge is -2.11. The Bertz CT molecular complexity index is 1220. The largest absolute Gasteiger partial charge is 0.491 e. The van der Waals surface area contributed by atoms with Crippen LogP contribution in [0.2, 0.25) is 0 Å². The number of pyridine rings is 1. The van der Waals surface area contributed by atoms with Crippen LogP contribution in [-0.4, -0.2) is 22.2 Å². The van der Waals surface area contributed by atoms with Gasteiger partial charge in [-0.2, -0.15) is 0 Å². The van der Waals surface area contributed by atoms with Gasteiger partial charge in [0.1, 0.15) is 5.75 Å². The zero-order valence-corrected chi connectivity index (χ0v) is 18.8. The van der Waals surface area contributed by atoms with Crippen LogP contribution in [0.25, 0.3) is 33.3 Å². The first-order chi connectivity index (χ1) is 14.4. The molecule has 150 valence electrons. The van der Waals surface area contributed by atoms with Crippen LogP contribution in [0.3, 0.4) is 0 Å². The second-order valence-electron chi connectivity index (χ2n) is 7.29. The van der Waals surface area contributed by atoms with E-state index >= 15 is 0 Å². The molecule has 0 aliphatic rings. The SMILES string of the molecule is CC(C)Oc1ccc(-c2ccc(-c3cc(C(=O)O)c4cc(I)ccc4n3)cc2)cc1. The molecule has 4 aromatic rings. The van der Waals surface area contributed by atoms with E-state index in [2.05, 4.69) is 27.6 Å². The molecule has 0 amide bonds. The molecule has 1 heterocycles. The van der Waals surface area contributed by atoms with Gasteiger partial charge in [0.25, 0.3) is 0 Å². The minimum atomic E-state index is -0.953. The standard InChI is InChI=1S/C25H20INO3/c1-15(2)30-20-10-7-17(8-11-20)16-3-5-18(6-4-16)24-14-22(25(28)29)21-13-19(26)9-12-23(21)27-24/h3-15H,1-2H3,(H,28,29). The van der Waals surface area contributed by atoms with Gasteiger partial charge in [-0.1, -0.05) is 36.4 Å². The van der Waals surface area contributed by atoms with Crippen molar-refractivity contribution in [2.75, 3.05) is 0 Å². The molecule has 0 saturated heterocycles. The van der Waals surface area contributed by atoms with Crippen molar-refractivity contribution in [3.63, 3.8) is 0 Å². The number of carboxylic acid groups (broad SMARTS) is 1. The molecular formula is C25H20INO3. The minimum Gasteiger partial charge on any atom is -0.491 e. The highest BCUT2D eigenvalue weighted by atomic mass is 127. The first-order valence-corrected chi connectivity index (χ1v) is 10.7. The van der Waals surface area contributed by atoms with Crippen molar-refractivity contribution in [2.45, 2.75) is 20.0 Å². The van der Waals surface area contributed by atoms with Crippen LogP contribution in [-0.2, 0) is 0 Å². The normalized spacial score (nSPS) is 11.1. The van der Waals surface area contributed by atoms with Crippen molar-refractivity contribution in [1.82, 2.24) is 4.98 Å². The summed E-state index contributed by atoms with van der Waals surface area (Å²) < 4.78 is 6.68. The molecule has 3 aromatic carbocycles. The quantitative estimate of drug-likeness (QED) is 0.306. The molecule has 0 spiro atoms. The maximum atomic E-state index is 11.8. The number of aromatic carboxylic acids is 1. The fourth-order valence-electron chi connectivity index (χ4n) is 3.35. The summed E-state index contributed by atoms with van der Waals surface area (Å²) >= 11 is 2.18. The number of hydrogen-bond donors (Lipinski definition) is 1. The summed E-state index contributed by atoms with van der Waals surface area (Å²) in [5.74, 6) is -0.104. The average molecular weight is 509 g/mol. The summed E-state index contributed by atoms with van der Waals surface area (Å²) in [5, 5.41) is 10.3. The Hall–Kier alpha value is -2.93. The van der Waals surface area contributed by atoms with Crippen LogP contribution in [0.15, 0.2) is 72.8 Å². The molecule has 0 atom stereocenters. The number of fused-ring (bicyclic) bond motifs is 1. The van der Waals surface area contributed by atoms with E-state index in [-0.39, 0.29) is 11.7 Å². The van der Waals surface area contributed by atoms with E-state index in [1.54, 1.807) is 6.07 Å². The summed E-state index contributed by atoms with van der Waals surface area (Å²) in [6.45, 7) is 4.01. The number of nitrogens with zero attached hydrogens (tertiary/aromatic N) is 1. The highest BCUT2D eigenvalue weighted by Gasteiger charge is 2.13. The van der Waals surface area contributed by atoms with Gasteiger partial charge in [0.2, 0.25) is 0 Å². The van der Waals surface area contributed by atoms with Gasteiger partial charge < -0.3 is 9.84 Å². The molecule has 0 aliphatic carbocycles. The van der Waals surface area contributed by atoms with Crippen molar-refractivity contribution >= 4 is 39.5 Å². The van der Waals surface area contributed by atoms with Gasteiger partial charge in [0.05, 0.1) is 22.9 Å². The lowest BCUT2D eigenvalue weighted by Crippen LogP contribution is -2.05. The fourth-order valence-corrected chi connectivity index (χ4v) is 3.85. The molecule has 4 rings (SSSR count). The first kappa shape index (κ1) is 20.3. The summed E-state index contributed by atoms with van der Waals surface area (Å²) in [7, 11) is 0. The van der Waals surface area contributed by atoms with Gasteiger partial charge in [-0.15, -0.1) is 0 Å². The number of carbonyl (C=O) groups is 1. The zero-order chi connectivity index (χ0) is 21.3. The fraction of sp³-hybridized carbons (Fsp3) is 0.120. The topological polar surface area (TPSA) is 59.4 Å². The van der Waals surface area contributed by atoms with Crippen molar-refractivity contribution in [3.05, 3.63) is 81.9 Å². The molecular weight excluding hydrogens is 489 g/mol. The van der Waals surface area contributed by atoms with Crippen LogP contribution in [0.5, 0.6) is 5.75 Å². The predicted molar refractivity (Wildman–Crippen MR) is 128 cm³/mol. The Balaban J connectivity index is 1.68. The average Bonchev–Trinajstić information content (AvgIpc) is 2.73. The maximum absolute atomic E-state index is 11.8. The maximum Gasteiger partial charge on any atom is 0.336 e. The molecule has 4 nitrogen and oxygen atoms in total. The molecule has 5 heteroatoms. The monoisotopic (exact) mass is 509 g/mol. The summed E-state index contributed by atoms with van der Waals surface area (Å²) in [6.07, 6.45) is 0.142. The zero-order valence-electron chi connectivity index (χ0n) is 16.6. The van der Waals surface area contributed by atoms with E-state index in [9.17, 15) is 9.90 Å². The van der Waals surface area contributed by atoms with Gasteiger partial charge in [-0.05, 0) is 84.0 Å². The highest BCUT2D eigenvalue weighted by molar-refractivity contribution is 14.1. The number of aromatic nitrogens is 1. The lowest BCUT2D eigenvalue weighted by atomic mass is 10.0. The molecule has 0 radical (unpaired) electrons. The van der Waals surface area contributed by atoms with Crippen molar-refractivity contribution in [3.8, 4) is 28.1 Å². The highest BCUT2D eigenvalue weighted by Crippen LogP contribution is 2.29. The number of halogens is 1. The van der Waals surface area contributed by atoms with Crippen LogP contribution in [0.1, 0.15) is 24.2 Å². The third-order valence-corrected chi connectivity index (χ3v) is 5.41. The Morgan fingerprint density at radius 3 is 2.10 bits per heavy atom. The third-order valence-electron chi connectivity index (χ3n) is 4.74. The van der Waals surface area contributed by atoms with Gasteiger partial charge in [-0.3, -0.25) is 0 Å². The number of benzene rings is 3. The van der Waals surface area contributed by atoms with E-state index in [1.165, 1.54) is 0 Å². The van der Waals surface area contributed by atoms with Crippen LogP contribution < -0.4 is 4.74 Å². The van der Waals surface area contributed by atoms with E-state index in [0.29, 0.717) is 16.6 Å². The van der Waals surface area contributed by atoms with Gasteiger partial charge >= 0.3 is 5.97 Å². The summed E-state index contributed by atoms with van der Waals surface area (Å²) in [4.78, 5) is 16.5. The van der Waals surface area contributed by atoms with Crippen LogP contribution in [0.4, 0.5) is 0 Å². The van der Waals surface area contributed by atoms with Gasteiger partial charge in [0.15, 0.2) is 0 Å². The van der Waals surface area contributed by atoms with Crippen molar-refractivity contribution < 1.29 is 14.6 Å². The first-order valence-electron chi connectivity index (χ1n) is 9.62. The molecule has 0 fully saturated rings. The molecule has 0 unspecified atom stereocenters. The minimum absolute atomic E-state index is 0.142. The smallest absolute Gasteiger partial charge is 0.336 e. The molecule has 30 heavy (non-hydrogen) atoms. The third kappa shape index (κ3) is 4.31. The molecule has 1 N–H and O–H groups in total. The van der Waals surface area contributed by atoms with E-state index in [1.807, 2.05) is 80.6 Å². The van der Waals surface area contributed by atoms with E-state index in [4.69, 9.17) is 4.74 Å². The Kier molecular flexibility index (Phi) is 5.72. The predicted octanol–water partition coefficient (Wildman–Crippen LogP) is 6.66. The summed E-state index contributed by atoms with van der Waals surface area (Å²) in [6, 6.07) is 23.3. The number of carboxylic acids is 1.